The number of hydrogen-bond acceptors (Lipinski definition) is 4. The first-order valence-corrected chi connectivity index (χ1v) is 8.27. The van der Waals surface area contributed by atoms with Crippen LogP contribution in [0.2, 0.25) is 10.0 Å². The van der Waals surface area contributed by atoms with Gasteiger partial charge in [-0.05, 0) is 25.1 Å². The highest BCUT2D eigenvalue weighted by molar-refractivity contribution is 7.98. The number of fused-ring (bicyclic) bond motifs is 1. The second kappa shape index (κ2) is 5.80. The van der Waals surface area contributed by atoms with E-state index in [1.165, 1.54) is 5.56 Å². The van der Waals surface area contributed by atoms with E-state index in [0.717, 1.165) is 35.1 Å². The first-order chi connectivity index (χ1) is 9.69. The van der Waals surface area contributed by atoms with E-state index in [-0.39, 0.29) is 0 Å². The fourth-order valence-corrected chi connectivity index (χ4v) is 3.69. The van der Waals surface area contributed by atoms with Crippen molar-refractivity contribution < 1.29 is 0 Å². The topological polar surface area (TPSA) is 37.8 Å². The van der Waals surface area contributed by atoms with Gasteiger partial charge >= 0.3 is 0 Å². The van der Waals surface area contributed by atoms with E-state index in [1.807, 2.05) is 17.8 Å². The molecule has 0 amide bonds. The Bertz CT molecular complexity index is 661. The molecular weight excluding hydrogens is 313 g/mol. The second-order valence-corrected chi connectivity index (χ2v) is 6.30. The van der Waals surface area contributed by atoms with Gasteiger partial charge in [0.1, 0.15) is 5.82 Å². The Morgan fingerprint density at radius 3 is 2.85 bits per heavy atom. The van der Waals surface area contributed by atoms with E-state index < -0.39 is 0 Å². The highest BCUT2D eigenvalue weighted by Gasteiger charge is 2.20. The zero-order chi connectivity index (χ0) is 14.1. The van der Waals surface area contributed by atoms with Crippen LogP contribution in [0.15, 0.2) is 18.2 Å². The van der Waals surface area contributed by atoms with Crippen molar-refractivity contribution in [1.82, 2.24) is 9.97 Å². The molecule has 0 spiro atoms. The second-order valence-electron chi connectivity index (χ2n) is 4.47. The van der Waals surface area contributed by atoms with Gasteiger partial charge < -0.3 is 5.32 Å². The van der Waals surface area contributed by atoms with Crippen LogP contribution >= 0.6 is 35.0 Å². The van der Waals surface area contributed by atoms with Crippen LogP contribution in [0.25, 0.3) is 11.4 Å². The summed E-state index contributed by atoms with van der Waals surface area (Å²) >= 11 is 14.0. The molecule has 20 heavy (non-hydrogen) atoms. The van der Waals surface area contributed by atoms with Crippen molar-refractivity contribution in [1.29, 1.82) is 0 Å². The van der Waals surface area contributed by atoms with Gasteiger partial charge in [0.15, 0.2) is 5.82 Å². The summed E-state index contributed by atoms with van der Waals surface area (Å²) in [5, 5.41) is 4.50. The predicted octanol–water partition coefficient (Wildman–Crippen LogP) is 4.63. The van der Waals surface area contributed by atoms with E-state index in [4.69, 9.17) is 23.2 Å². The lowest BCUT2D eigenvalue weighted by molar-refractivity contribution is 1.05. The van der Waals surface area contributed by atoms with Crippen molar-refractivity contribution in [3.8, 4) is 11.4 Å². The lowest BCUT2D eigenvalue weighted by Gasteiger charge is -2.11. The number of halogens is 2. The fourth-order valence-electron chi connectivity index (χ4n) is 2.16. The molecule has 0 unspecified atom stereocenters. The minimum atomic E-state index is 0.575. The van der Waals surface area contributed by atoms with Crippen LogP contribution in [0, 0.1) is 0 Å². The third kappa shape index (κ3) is 2.60. The fraction of sp³-hybridized carbons (Fsp3) is 0.286. The highest BCUT2D eigenvalue weighted by atomic mass is 35.5. The number of nitrogens with one attached hydrogen (secondary N) is 1. The summed E-state index contributed by atoms with van der Waals surface area (Å²) in [4.78, 5) is 9.29. The Hall–Kier alpha value is -0.970. The molecule has 1 aromatic heterocycles. The van der Waals surface area contributed by atoms with Crippen molar-refractivity contribution >= 4 is 40.8 Å². The number of hydrogen-bond donors (Lipinski definition) is 1. The summed E-state index contributed by atoms with van der Waals surface area (Å²) in [6.45, 7) is 2.90. The minimum absolute atomic E-state index is 0.575. The van der Waals surface area contributed by atoms with Gasteiger partial charge in [0.2, 0.25) is 0 Å². The maximum atomic E-state index is 6.25. The van der Waals surface area contributed by atoms with Crippen LogP contribution in [0.5, 0.6) is 0 Å². The van der Waals surface area contributed by atoms with Crippen molar-refractivity contribution in [2.24, 2.45) is 0 Å². The quantitative estimate of drug-likeness (QED) is 0.892. The number of nitrogens with zero attached hydrogens (tertiary/aromatic N) is 2. The zero-order valence-corrected chi connectivity index (χ0v) is 13.2. The van der Waals surface area contributed by atoms with E-state index in [1.54, 1.807) is 12.1 Å². The van der Waals surface area contributed by atoms with Crippen LogP contribution in [0.4, 0.5) is 5.82 Å². The molecule has 0 saturated carbocycles. The Labute approximate surface area is 132 Å². The average molecular weight is 326 g/mol. The van der Waals surface area contributed by atoms with Crippen LogP contribution in [-0.4, -0.2) is 16.5 Å². The van der Waals surface area contributed by atoms with Gasteiger partial charge in [0, 0.05) is 34.2 Å². The molecule has 1 N–H and O–H groups in total. The monoisotopic (exact) mass is 325 g/mol. The molecule has 0 radical (unpaired) electrons. The number of rotatable bonds is 3. The Kier molecular flexibility index (Phi) is 4.06. The summed E-state index contributed by atoms with van der Waals surface area (Å²) in [6.07, 6.45) is 0. The lowest BCUT2D eigenvalue weighted by atomic mass is 10.2. The molecule has 0 bridgehead atoms. The summed E-state index contributed by atoms with van der Waals surface area (Å²) in [7, 11) is 0. The Morgan fingerprint density at radius 1 is 1.25 bits per heavy atom. The van der Waals surface area contributed by atoms with Crippen LogP contribution in [0.1, 0.15) is 18.2 Å². The molecule has 2 heterocycles. The smallest absolute Gasteiger partial charge is 0.163 e. The molecule has 0 aliphatic carbocycles. The van der Waals surface area contributed by atoms with Gasteiger partial charge in [-0.3, -0.25) is 0 Å². The van der Waals surface area contributed by atoms with E-state index in [9.17, 15) is 0 Å². The molecular formula is C14H13Cl2N3S. The molecule has 3 nitrogen and oxygen atoms in total. The number of anilines is 1. The molecule has 0 fully saturated rings. The summed E-state index contributed by atoms with van der Waals surface area (Å²) < 4.78 is 0. The molecule has 3 rings (SSSR count). The van der Waals surface area contributed by atoms with E-state index in [2.05, 4.69) is 22.2 Å². The predicted molar refractivity (Wildman–Crippen MR) is 86.7 cm³/mol. The molecule has 2 aromatic rings. The average Bonchev–Trinajstić information content (AvgIpc) is 2.87. The molecule has 1 aromatic carbocycles. The van der Waals surface area contributed by atoms with Gasteiger partial charge in [-0.15, -0.1) is 0 Å². The minimum Gasteiger partial charge on any atom is -0.370 e. The largest absolute Gasteiger partial charge is 0.370 e. The first kappa shape index (κ1) is 14.0. The van der Waals surface area contributed by atoms with Gasteiger partial charge in [0.25, 0.3) is 0 Å². The summed E-state index contributed by atoms with van der Waals surface area (Å²) in [5.41, 5.74) is 3.13. The van der Waals surface area contributed by atoms with Crippen LogP contribution in [0.3, 0.4) is 0 Å². The maximum absolute atomic E-state index is 6.25. The van der Waals surface area contributed by atoms with Crippen LogP contribution < -0.4 is 5.32 Å². The molecule has 1 aliphatic heterocycles. The molecule has 1 aliphatic rings. The van der Waals surface area contributed by atoms with Crippen molar-refractivity contribution in [2.45, 2.75) is 18.4 Å². The maximum Gasteiger partial charge on any atom is 0.163 e. The van der Waals surface area contributed by atoms with Crippen molar-refractivity contribution in [3.05, 3.63) is 39.5 Å². The number of thioether (sulfide) groups is 1. The Morgan fingerprint density at radius 2 is 2.10 bits per heavy atom. The van der Waals surface area contributed by atoms with Gasteiger partial charge in [-0.2, -0.15) is 11.8 Å². The third-order valence-electron chi connectivity index (χ3n) is 3.09. The van der Waals surface area contributed by atoms with Gasteiger partial charge in [-0.25, -0.2) is 9.97 Å². The van der Waals surface area contributed by atoms with E-state index >= 15 is 0 Å². The van der Waals surface area contributed by atoms with Crippen LogP contribution in [-0.2, 0) is 11.5 Å². The number of benzene rings is 1. The highest BCUT2D eigenvalue weighted by Crippen LogP contribution is 2.36. The Balaban J connectivity index is 2.12. The molecule has 6 heteroatoms. The first-order valence-electron chi connectivity index (χ1n) is 6.36. The molecule has 104 valence electrons. The van der Waals surface area contributed by atoms with Gasteiger partial charge in [0.05, 0.1) is 10.7 Å². The molecule has 0 saturated heterocycles. The standard InChI is InChI=1S/C14H13Cl2N3S/c1-2-17-13-10-6-20-7-12(10)18-14(19-13)9-4-3-8(15)5-11(9)16/h3-5H,2,6-7H2,1H3,(H,17,18,19). The summed E-state index contributed by atoms with van der Waals surface area (Å²) in [5.74, 6) is 3.47. The van der Waals surface area contributed by atoms with E-state index in [0.29, 0.717) is 15.9 Å². The lowest BCUT2D eigenvalue weighted by Crippen LogP contribution is -2.06. The normalized spacial score (nSPS) is 13.3. The number of aromatic nitrogens is 2. The summed E-state index contributed by atoms with van der Waals surface area (Å²) in [6, 6.07) is 5.39. The van der Waals surface area contributed by atoms with Crippen molar-refractivity contribution in [3.63, 3.8) is 0 Å². The third-order valence-corrected chi connectivity index (χ3v) is 4.61. The van der Waals surface area contributed by atoms with Gasteiger partial charge in [-0.1, -0.05) is 23.2 Å². The SMILES string of the molecule is CCNc1nc(-c2ccc(Cl)cc2Cl)nc2c1CSC2. The van der Waals surface area contributed by atoms with Crippen molar-refractivity contribution in [2.75, 3.05) is 11.9 Å². The molecule has 0 atom stereocenters. The zero-order valence-electron chi connectivity index (χ0n) is 10.9.